The lowest BCUT2D eigenvalue weighted by atomic mass is 10.0. The zero-order valence-corrected chi connectivity index (χ0v) is 17.7. The molecule has 0 unspecified atom stereocenters. The summed E-state index contributed by atoms with van der Waals surface area (Å²) < 4.78 is 15.0. The first kappa shape index (κ1) is 21.5. The Balaban J connectivity index is 1.50. The number of hydrogen-bond acceptors (Lipinski definition) is 3. The minimum Gasteiger partial charge on any atom is -0.352 e. The summed E-state index contributed by atoms with van der Waals surface area (Å²) in [6, 6.07) is 6.17. The lowest BCUT2D eigenvalue weighted by Gasteiger charge is -2.26. The fourth-order valence-corrected chi connectivity index (χ4v) is 3.99. The van der Waals surface area contributed by atoms with Gasteiger partial charge in [-0.05, 0) is 75.5 Å². The van der Waals surface area contributed by atoms with Crippen molar-refractivity contribution in [2.75, 3.05) is 26.2 Å². The summed E-state index contributed by atoms with van der Waals surface area (Å²) in [5, 5.41) is 7.44. The summed E-state index contributed by atoms with van der Waals surface area (Å²) in [6.07, 6.45) is 8.96. The van der Waals surface area contributed by atoms with E-state index in [1.165, 1.54) is 57.5 Å². The first-order chi connectivity index (χ1) is 14.1. The number of carbonyl (C=O) groups is 1. The zero-order chi connectivity index (χ0) is 20.6. The van der Waals surface area contributed by atoms with Crippen molar-refractivity contribution in [3.63, 3.8) is 0 Å². The summed E-state index contributed by atoms with van der Waals surface area (Å²) in [7, 11) is 0. The van der Waals surface area contributed by atoms with E-state index in [-0.39, 0.29) is 17.6 Å². The predicted molar refractivity (Wildman–Crippen MR) is 114 cm³/mol. The van der Waals surface area contributed by atoms with Gasteiger partial charge in [0.05, 0.1) is 23.1 Å². The maximum atomic E-state index is 13.2. The molecule has 158 valence electrons. The Morgan fingerprint density at radius 3 is 2.52 bits per heavy atom. The predicted octanol–water partition coefficient (Wildman–Crippen LogP) is 4.52. The normalized spacial score (nSPS) is 15.0. The fraction of sp³-hybridized carbons (Fsp3) is 0.565. The van der Waals surface area contributed by atoms with Gasteiger partial charge < -0.3 is 10.2 Å². The third kappa shape index (κ3) is 5.89. The number of benzene rings is 1. The van der Waals surface area contributed by atoms with Crippen molar-refractivity contribution < 1.29 is 9.18 Å². The molecular weight excluding hydrogens is 367 g/mol. The second-order valence-electron chi connectivity index (χ2n) is 8.21. The molecule has 1 aliphatic heterocycles. The van der Waals surface area contributed by atoms with Crippen molar-refractivity contribution in [3.8, 4) is 5.69 Å². The molecule has 0 aliphatic carbocycles. The van der Waals surface area contributed by atoms with E-state index in [9.17, 15) is 9.18 Å². The lowest BCUT2D eigenvalue weighted by molar-refractivity contribution is 0.0951. The Morgan fingerprint density at radius 1 is 1.10 bits per heavy atom. The van der Waals surface area contributed by atoms with Gasteiger partial charge in [-0.2, -0.15) is 5.10 Å². The van der Waals surface area contributed by atoms with E-state index < -0.39 is 0 Å². The summed E-state index contributed by atoms with van der Waals surface area (Å²) in [5.41, 5.74) is 2.20. The van der Waals surface area contributed by atoms with Crippen LogP contribution in [0.5, 0.6) is 0 Å². The number of hydrogen-bond donors (Lipinski definition) is 1. The minimum absolute atomic E-state index is 0.0851. The SMILES string of the molecule is CC(C)c1c(C(=O)NCCCCCN2CCCCC2)cnn1-c1ccc(F)cc1. The third-order valence-corrected chi connectivity index (χ3v) is 5.55. The van der Waals surface area contributed by atoms with Gasteiger partial charge in [0.25, 0.3) is 5.91 Å². The summed E-state index contributed by atoms with van der Waals surface area (Å²) in [6.45, 7) is 8.41. The zero-order valence-electron chi connectivity index (χ0n) is 17.7. The second-order valence-corrected chi connectivity index (χ2v) is 8.21. The smallest absolute Gasteiger partial charge is 0.254 e. The van der Waals surface area contributed by atoms with Crippen LogP contribution >= 0.6 is 0 Å². The van der Waals surface area contributed by atoms with E-state index in [4.69, 9.17) is 0 Å². The van der Waals surface area contributed by atoms with Gasteiger partial charge in [-0.3, -0.25) is 4.79 Å². The lowest BCUT2D eigenvalue weighted by Crippen LogP contribution is -2.30. The average molecular weight is 401 g/mol. The second kappa shape index (κ2) is 10.5. The standard InChI is InChI=1S/C23H33FN4O/c1-18(2)22-21(17-26-28(22)20-11-9-19(24)10-12-20)23(29)25-13-5-3-6-14-27-15-7-4-8-16-27/h9-12,17-18H,3-8,13-16H2,1-2H3,(H,25,29). The highest BCUT2D eigenvalue weighted by Gasteiger charge is 2.20. The maximum Gasteiger partial charge on any atom is 0.254 e. The summed E-state index contributed by atoms with van der Waals surface area (Å²) >= 11 is 0. The number of aromatic nitrogens is 2. The largest absolute Gasteiger partial charge is 0.352 e. The molecule has 1 N–H and O–H groups in total. The van der Waals surface area contributed by atoms with Crippen LogP contribution in [-0.2, 0) is 0 Å². The molecule has 1 aromatic heterocycles. The van der Waals surface area contributed by atoms with E-state index >= 15 is 0 Å². The maximum absolute atomic E-state index is 13.2. The van der Waals surface area contributed by atoms with E-state index in [1.807, 2.05) is 13.8 Å². The van der Waals surface area contributed by atoms with Crippen LogP contribution in [0.1, 0.15) is 74.3 Å². The van der Waals surface area contributed by atoms with Crippen molar-refractivity contribution in [1.82, 2.24) is 20.0 Å². The van der Waals surface area contributed by atoms with E-state index in [1.54, 1.807) is 23.0 Å². The average Bonchev–Trinajstić information content (AvgIpc) is 3.17. The Hall–Kier alpha value is -2.21. The molecule has 0 saturated carbocycles. The Kier molecular flexibility index (Phi) is 7.81. The summed E-state index contributed by atoms with van der Waals surface area (Å²) in [5.74, 6) is -0.254. The number of rotatable bonds is 9. The van der Waals surface area contributed by atoms with Gasteiger partial charge in [0.15, 0.2) is 0 Å². The van der Waals surface area contributed by atoms with Crippen molar-refractivity contribution in [1.29, 1.82) is 0 Å². The highest BCUT2D eigenvalue weighted by molar-refractivity contribution is 5.95. The van der Waals surface area contributed by atoms with Crippen molar-refractivity contribution in [3.05, 3.63) is 47.5 Å². The van der Waals surface area contributed by atoms with E-state index in [0.29, 0.717) is 12.1 Å². The van der Waals surface area contributed by atoms with Gasteiger partial charge in [-0.25, -0.2) is 9.07 Å². The molecule has 1 aromatic carbocycles. The van der Waals surface area contributed by atoms with Crippen LogP contribution in [-0.4, -0.2) is 46.8 Å². The molecule has 1 fully saturated rings. The Bertz CT molecular complexity index is 779. The fourth-order valence-electron chi connectivity index (χ4n) is 3.99. The topological polar surface area (TPSA) is 50.2 Å². The van der Waals surface area contributed by atoms with Crippen LogP contribution in [0.4, 0.5) is 4.39 Å². The molecule has 3 rings (SSSR count). The van der Waals surface area contributed by atoms with Crippen LogP contribution in [0.3, 0.4) is 0 Å². The van der Waals surface area contributed by atoms with Crippen molar-refractivity contribution in [2.24, 2.45) is 0 Å². The quantitative estimate of drug-likeness (QED) is 0.630. The number of nitrogens with one attached hydrogen (secondary N) is 1. The first-order valence-electron chi connectivity index (χ1n) is 10.9. The minimum atomic E-state index is -0.287. The van der Waals surface area contributed by atoms with E-state index in [2.05, 4.69) is 15.3 Å². The van der Waals surface area contributed by atoms with Crippen molar-refractivity contribution >= 4 is 5.91 Å². The molecule has 2 heterocycles. The van der Waals surface area contributed by atoms with Crippen LogP contribution < -0.4 is 5.32 Å². The first-order valence-corrected chi connectivity index (χ1v) is 10.9. The third-order valence-electron chi connectivity index (χ3n) is 5.55. The molecule has 5 nitrogen and oxygen atoms in total. The van der Waals surface area contributed by atoms with Gasteiger partial charge in [0, 0.05) is 6.54 Å². The molecule has 0 spiro atoms. The molecule has 0 radical (unpaired) electrons. The van der Waals surface area contributed by atoms with Gasteiger partial charge >= 0.3 is 0 Å². The van der Waals surface area contributed by atoms with Crippen LogP contribution in [0.2, 0.25) is 0 Å². The number of carbonyl (C=O) groups excluding carboxylic acids is 1. The highest BCUT2D eigenvalue weighted by atomic mass is 19.1. The molecule has 1 aliphatic rings. The van der Waals surface area contributed by atoms with Gasteiger partial charge in [0.1, 0.15) is 5.82 Å². The number of likely N-dealkylation sites (tertiary alicyclic amines) is 1. The Labute approximate surface area is 173 Å². The number of halogens is 1. The molecule has 1 amide bonds. The van der Waals surface area contributed by atoms with Crippen LogP contribution in [0.15, 0.2) is 30.5 Å². The number of piperidine rings is 1. The van der Waals surface area contributed by atoms with Crippen LogP contribution in [0.25, 0.3) is 5.69 Å². The van der Waals surface area contributed by atoms with Crippen LogP contribution in [0, 0.1) is 5.82 Å². The van der Waals surface area contributed by atoms with Crippen molar-refractivity contribution in [2.45, 2.75) is 58.3 Å². The molecule has 2 aromatic rings. The number of amides is 1. The number of nitrogens with zero attached hydrogens (tertiary/aromatic N) is 3. The Morgan fingerprint density at radius 2 is 1.83 bits per heavy atom. The highest BCUT2D eigenvalue weighted by Crippen LogP contribution is 2.23. The molecule has 29 heavy (non-hydrogen) atoms. The van der Waals surface area contributed by atoms with Gasteiger partial charge in [-0.15, -0.1) is 0 Å². The number of unbranched alkanes of at least 4 members (excludes halogenated alkanes) is 2. The van der Waals surface area contributed by atoms with Gasteiger partial charge in [-0.1, -0.05) is 26.7 Å². The molecular formula is C23H33FN4O. The monoisotopic (exact) mass is 400 g/mol. The molecule has 0 bridgehead atoms. The molecule has 6 heteroatoms. The molecule has 1 saturated heterocycles. The molecule has 0 atom stereocenters. The van der Waals surface area contributed by atoms with E-state index in [0.717, 1.165) is 24.2 Å². The van der Waals surface area contributed by atoms with Gasteiger partial charge in [0.2, 0.25) is 0 Å². The summed E-state index contributed by atoms with van der Waals surface area (Å²) in [4.78, 5) is 15.3.